The summed E-state index contributed by atoms with van der Waals surface area (Å²) in [5, 5.41) is 0. The van der Waals surface area contributed by atoms with Gasteiger partial charge in [0.25, 0.3) is 0 Å². The fraction of sp³-hybridized carbons (Fsp3) is 1.00. The highest BCUT2D eigenvalue weighted by molar-refractivity contribution is 7.89. The van der Waals surface area contributed by atoms with Crippen LogP contribution >= 0.6 is 0 Å². The predicted molar refractivity (Wildman–Crippen MR) is 81.8 cm³/mol. The van der Waals surface area contributed by atoms with Crippen molar-refractivity contribution in [3.05, 3.63) is 0 Å². The average molecular weight is 289 g/mol. The van der Waals surface area contributed by atoms with Gasteiger partial charge in [-0.3, -0.25) is 0 Å². The molecule has 3 nitrogen and oxygen atoms in total. The maximum atomic E-state index is 12.1. The van der Waals surface area contributed by atoms with Gasteiger partial charge in [-0.05, 0) is 19.3 Å². The molecule has 0 spiro atoms. The highest BCUT2D eigenvalue weighted by atomic mass is 32.2. The van der Waals surface area contributed by atoms with E-state index in [1.54, 1.807) is 4.31 Å². The van der Waals surface area contributed by atoms with E-state index in [1.165, 1.54) is 44.9 Å². The molecule has 4 heteroatoms. The van der Waals surface area contributed by atoms with Crippen LogP contribution in [0, 0.1) is 0 Å². The van der Waals surface area contributed by atoms with Gasteiger partial charge in [-0.25, -0.2) is 12.7 Å². The second kappa shape index (κ2) is 9.76. The number of unbranched alkanes of at least 4 members (excludes halogenated alkanes) is 7. The molecule has 1 aliphatic heterocycles. The van der Waals surface area contributed by atoms with E-state index in [2.05, 4.69) is 6.92 Å². The molecule has 0 N–H and O–H groups in total. The van der Waals surface area contributed by atoms with Gasteiger partial charge >= 0.3 is 0 Å². The smallest absolute Gasteiger partial charge is 0.212 e. The van der Waals surface area contributed by atoms with Gasteiger partial charge in [-0.15, -0.1) is 0 Å². The Kier molecular flexibility index (Phi) is 8.71. The fourth-order valence-electron chi connectivity index (χ4n) is 2.69. The first-order valence-corrected chi connectivity index (χ1v) is 9.75. The molecule has 0 saturated carbocycles. The molecular weight excluding hydrogens is 258 g/mol. The summed E-state index contributed by atoms with van der Waals surface area (Å²) in [5.74, 6) is 0.363. The van der Waals surface area contributed by atoms with Crippen LogP contribution in [-0.4, -0.2) is 31.6 Å². The molecule has 1 saturated heterocycles. The summed E-state index contributed by atoms with van der Waals surface area (Å²) in [4.78, 5) is 0. The maximum absolute atomic E-state index is 12.1. The molecule has 114 valence electrons. The highest BCUT2D eigenvalue weighted by Crippen LogP contribution is 2.15. The van der Waals surface area contributed by atoms with Crippen LogP contribution in [0.4, 0.5) is 0 Å². The van der Waals surface area contributed by atoms with Crippen molar-refractivity contribution in [3.63, 3.8) is 0 Å². The summed E-state index contributed by atoms with van der Waals surface area (Å²) in [6.45, 7) is 3.73. The molecule has 0 radical (unpaired) electrons. The van der Waals surface area contributed by atoms with Crippen LogP contribution in [0.3, 0.4) is 0 Å². The Hall–Kier alpha value is -0.0900. The van der Waals surface area contributed by atoms with Crippen molar-refractivity contribution in [2.24, 2.45) is 0 Å². The lowest BCUT2D eigenvalue weighted by atomic mass is 10.1. The molecule has 0 aromatic rings. The van der Waals surface area contributed by atoms with Crippen molar-refractivity contribution >= 4 is 10.0 Å². The summed E-state index contributed by atoms with van der Waals surface area (Å²) in [7, 11) is -2.95. The molecule has 19 heavy (non-hydrogen) atoms. The van der Waals surface area contributed by atoms with E-state index in [4.69, 9.17) is 0 Å². The van der Waals surface area contributed by atoms with E-state index >= 15 is 0 Å². The van der Waals surface area contributed by atoms with Crippen molar-refractivity contribution in [3.8, 4) is 0 Å². The van der Waals surface area contributed by atoms with E-state index in [0.717, 1.165) is 38.8 Å². The molecule has 0 unspecified atom stereocenters. The number of sulfonamides is 1. The Bertz CT molecular complexity index is 308. The normalized spacial score (nSPS) is 17.7. The third-order valence-corrected chi connectivity index (χ3v) is 5.92. The Morgan fingerprint density at radius 1 is 0.789 bits per heavy atom. The predicted octanol–water partition coefficient (Wildman–Crippen LogP) is 3.94. The summed E-state index contributed by atoms with van der Waals surface area (Å²) >= 11 is 0. The Morgan fingerprint density at radius 3 is 1.89 bits per heavy atom. The topological polar surface area (TPSA) is 37.4 Å². The number of piperidine rings is 1. The summed E-state index contributed by atoms with van der Waals surface area (Å²) in [6, 6.07) is 0. The minimum absolute atomic E-state index is 0.363. The van der Waals surface area contributed by atoms with Crippen LogP contribution in [0.5, 0.6) is 0 Å². The second-order valence-electron chi connectivity index (χ2n) is 5.75. The van der Waals surface area contributed by atoms with Gasteiger partial charge in [0.2, 0.25) is 10.0 Å². The molecule has 0 aromatic carbocycles. The number of hydrogen-bond acceptors (Lipinski definition) is 2. The zero-order valence-corrected chi connectivity index (χ0v) is 13.4. The molecule has 0 aliphatic carbocycles. The van der Waals surface area contributed by atoms with Crippen LogP contribution in [0.25, 0.3) is 0 Å². The van der Waals surface area contributed by atoms with Crippen LogP contribution in [0.1, 0.15) is 77.6 Å². The minimum Gasteiger partial charge on any atom is -0.212 e. The van der Waals surface area contributed by atoms with E-state index in [0.29, 0.717) is 5.75 Å². The number of rotatable bonds is 10. The SMILES string of the molecule is CCCCCCCCCCS(=O)(=O)N1CCCCC1. The summed E-state index contributed by atoms with van der Waals surface area (Å²) in [6.07, 6.45) is 12.9. The fourth-order valence-corrected chi connectivity index (χ4v) is 4.33. The molecule has 0 bridgehead atoms. The monoisotopic (exact) mass is 289 g/mol. The Labute approximate surface area is 119 Å². The second-order valence-corrected chi connectivity index (χ2v) is 7.84. The molecule has 0 amide bonds. The largest absolute Gasteiger partial charge is 0.214 e. The lowest BCUT2D eigenvalue weighted by Crippen LogP contribution is -2.37. The molecule has 0 atom stereocenters. The molecule has 1 aliphatic rings. The van der Waals surface area contributed by atoms with Crippen LogP contribution < -0.4 is 0 Å². The number of nitrogens with zero attached hydrogens (tertiary/aromatic N) is 1. The van der Waals surface area contributed by atoms with Crippen LogP contribution in [0.2, 0.25) is 0 Å². The Balaban J connectivity index is 2.04. The van der Waals surface area contributed by atoms with E-state index in [9.17, 15) is 8.42 Å². The molecular formula is C15H31NO2S. The maximum Gasteiger partial charge on any atom is 0.214 e. The van der Waals surface area contributed by atoms with Gasteiger partial charge in [-0.1, -0.05) is 58.3 Å². The van der Waals surface area contributed by atoms with Crippen molar-refractivity contribution in [2.75, 3.05) is 18.8 Å². The first-order chi connectivity index (χ1) is 9.17. The molecule has 0 aromatic heterocycles. The van der Waals surface area contributed by atoms with Crippen LogP contribution in [-0.2, 0) is 10.0 Å². The minimum atomic E-state index is -2.95. The molecule has 1 fully saturated rings. The van der Waals surface area contributed by atoms with Crippen molar-refractivity contribution < 1.29 is 8.42 Å². The molecule has 1 heterocycles. The Morgan fingerprint density at radius 2 is 1.32 bits per heavy atom. The zero-order chi connectivity index (χ0) is 14.0. The third kappa shape index (κ3) is 7.31. The lowest BCUT2D eigenvalue weighted by Gasteiger charge is -2.25. The summed E-state index contributed by atoms with van der Waals surface area (Å²) in [5.41, 5.74) is 0. The summed E-state index contributed by atoms with van der Waals surface area (Å²) < 4.78 is 25.9. The van der Waals surface area contributed by atoms with E-state index in [1.807, 2.05) is 0 Å². The lowest BCUT2D eigenvalue weighted by molar-refractivity contribution is 0.346. The highest BCUT2D eigenvalue weighted by Gasteiger charge is 2.22. The quantitative estimate of drug-likeness (QED) is 0.571. The van der Waals surface area contributed by atoms with Gasteiger partial charge in [-0.2, -0.15) is 0 Å². The van der Waals surface area contributed by atoms with Gasteiger partial charge in [0.15, 0.2) is 0 Å². The number of hydrogen-bond donors (Lipinski definition) is 0. The van der Waals surface area contributed by atoms with Crippen molar-refractivity contribution in [1.29, 1.82) is 0 Å². The standard InChI is InChI=1S/C15H31NO2S/c1-2-3-4-5-6-7-8-12-15-19(17,18)16-13-10-9-11-14-16/h2-15H2,1H3. The first kappa shape index (κ1) is 17.0. The average Bonchev–Trinajstić information content (AvgIpc) is 2.43. The zero-order valence-electron chi connectivity index (χ0n) is 12.6. The van der Waals surface area contributed by atoms with E-state index in [-0.39, 0.29) is 0 Å². The molecule has 1 rings (SSSR count). The van der Waals surface area contributed by atoms with Gasteiger partial charge in [0.1, 0.15) is 0 Å². The third-order valence-electron chi connectivity index (χ3n) is 3.96. The van der Waals surface area contributed by atoms with Crippen molar-refractivity contribution in [1.82, 2.24) is 4.31 Å². The van der Waals surface area contributed by atoms with Crippen molar-refractivity contribution in [2.45, 2.75) is 77.6 Å². The van der Waals surface area contributed by atoms with Gasteiger partial charge < -0.3 is 0 Å². The van der Waals surface area contributed by atoms with Gasteiger partial charge in [0.05, 0.1) is 5.75 Å². The van der Waals surface area contributed by atoms with Gasteiger partial charge in [0, 0.05) is 13.1 Å². The first-order valence-electron chi connectivity index (χ1n) is 8.14. The van der Waals surface area contributed by atoms with E-state index < -0.39 is 10.0 Å². The van der Waals surface area contributed by atoms with Crippen LogP contribution in [0.15, 0.2) is 0 Å².